The molecule has 0 saturated carbocycles. The van der Waals surface area contributed by atoms with Crippen molar-refractivity contribution in [3.63, 3.8) is 0 Å². The number of hydrogen-bond acceptors (Lipinski definition) is 3. The number of amides is 1. The Labute approximate surface area is 106 Å². The molecule has 98 valence electrons. The molecule has 1 aromatic heterocycles. The number of carbonyl (C=O) groups excluding carboxylic acids is 1. The summed E-state index contributed by atoms with van der Waals surface area (Å²) in [6.07, 6.45) is 7.33. The molecule has 1 saturated heterocycles. The van der Waals surface area contributed by atoms with Crippen molar-refractivity contribution >= 4 is 11.6 Å². The molecule has 1 unspecified atom stereocenters. The summed E-state index contributed by atoms with van der Waals surface area (Å²) >= 11 is 0. The third-order valence-corrected chi connectivity index (χ3v) is 3.18. The highest BCUT2D eigenvalue weighted by molar-refractivity contribution is 5.90. The van der Waals surface area contributed by atoms with Crippen LogP contribution in [0.4, 0.5) is 10.1 Å². The number of rotatable bonds is 4. The first-order valence-electron chi connectivity index (χ1n) is 6.38. The van der Waals surface area contributed by atoms with Crippen molar-refractivity contribution in [2.75, 3.05) is 11.9 Å². The van der Waals surface area contributed by atoms with Crippen molar-refractivity contribution in [3.05, 3.63) is 24.3 Å². The molecule has 0 radical (unpaired) electrons. The number of carbonyl (C=O) groups is 1. The van der Waals surface area contributed by atoms with Gasteiger partial charge in [-0.3, -0.25) is 9.78 Å². The predicted molar refractivity (Wildman–Crippen MR) is 67.7 cm³/mol. The predicted octanol–water partition coefficient (Wildman–Crippen LogP) is 2.08. The van der Waals surface area contributed by atoms with Gasteiger partial charge in [-0.2, -0.15) is 0 Å². The molecule has 1 atom stereocenters. The zero-order chi connectivity index (χ0) is 12.8. The summed E-state index contributed by atoms with van der Waals surface area (Å²) in [5.41, 5.74) is 0.201. The van der Waals surface area contributed by atoms with Gasteiger partial charge in [0.05, 0.1) is 11.9 Å². The molecule has 18 heavy (non-hydrogen) atoms. The molecule has 1 fully saturated rings. The molecule has 1 aromatic rings. The number of halogens is 1. The van der Waals surface area contributed by atoms with E-state index in [0.29, 0.717) is 12.5 Å². The Kier molecular flexibility index (Phi) is 4.64. The van der Waals surface area contributed by atoms with Gasteiger partial charge in [0.2, 0.25) is 5.91 Å². The average Bonchev–Trinajstić information content (AvgIpc) is 2.40. The minimum Gasteiger partial charge on any atom is -0.324 e. The summed E-state index contributed by atoms with van der Waals surface area (Å²) in [6.45, 7) is 1.03. The van der Waals surface area contributed by atoms with Gasteiger partial charge in [0, 0.05) is 18.7 Å². The summed E-state index contributed by atoms with van der Waals surface area (Å²) in [7, 11) is 0. The van der Waals surface area contributed by atoms with Crippen LogP contribution in [0.5, 0.6) is 0 Å². The molecular weight excluding hydrogens is 233 g/mol. The van der Waals surface area contributed by atoms with Gasteiger partial charge >= 0.3 is 0 Å². The van der Waals surface area contributed by atoms with Crippen LogP contribution in [0.1, 0.15) is 32.1 Å². The maximum atomic E-state index is 13.3. The number of anilines is 1. The molecule has 5 heteroatoms. The smallest absolute Gasteiger partial charge is 0.224 e. The van der Waals surface area contributed by atoms with E-state index < -0.39 is 5.82 Å². The van der Waals surface area contributed by atoms with Crippen LogP contribution in [0.25, 0.3) is 0 Å². The van der Waals surface area contributed by atoms with E-state index in [-0.39, 0.29) is 11.6 Å². The van der Waals surface area contributed by atoms with Gasteiger partial charge in [0.25, 0.3) is 0 Å². The molecule has 0 aliphatic carbocycles. The van der Waals surface area contributed by atoms with Gasteiger partial charge in [-0.25, -0.2) is 4.39 Å². The van der Waals surface area contributed by atoms with Gasteiger partial charge in [0.1, 0.15) is 0 Å². The number of nitrogens with one attached hydrogen (secondary N) is 2. The standard InChI is InChI=1S/C13H18FN3O/c14-11-9-15-8-6-12(11)17-13(18)5-4-10-3-1-2-7-16-10/h6,8-10,16H,1-5,7H2,(H,15,17,18). The van der Waals surface area contributed by atoms with Crippen molar-refractivity contribution in [2.24, 2.45) is 0 Å². The fourth-order valence-electron chi connectivity index (χ4n) is 2.16. The Hall–Kier alpha value is -1.49. The minimum absolute atomic E-state index is 0.146. The first-order valence-corrected chi connectivity index (χ1v) is 6.38. The molecule has 0 spiro atoms. The van der Waals surface area contributed by atoms with E-state index in [1.807, 2.05) is 0 Å². The molecule has 2 N–H and O–H groups in total. The average molecular weight is 251 g/mol. The van der Waals surface area contributed by atoms with Gasteiger partial charge < -0.3 is 10.6 Å². The van der Waals surface area contributed by atoms with Crippen LogP contribution in [-0.4, -0.2) is 23.5 Å². The van der Waals surface area contributed by atoms with E-state index in [1.165, 1.54) is 25.1 Å². The molecular formula is C13H18FN3O. The van der Waals surface area contributed by atoms with E-state index in [1.54, 1.807) is 0 Å². The minimum atomic E-state index is -0.498. The van der Waals surface area contributed by atoms with Gasteiger partial charge in [0.15, 0.2) is 5.82 Å². The lowest BCUT2D eigenvalue weighted by atomic mass is 10.0. The van der Waals surface area contributed by atoms with E-state index in [0.717, 1.165) is 25.6 Å². The largest absolute Gasteiger partial charge is 0.324 e. The van der Waals surface area contributed by atoms with Crippen LogP contribution < -0.4 is 10.6 Å². The zero-order valence-corrected chi connectivity index (χ0v) is 10.3. The second-order valence-corrected chi connectivity index (χ2v) is 4.59. The van der Waals surface area contributed by atoms with Crippen LogP contribution >= 0.6 is 0 Å². The molecule has 2 heterocycles. The number of aromatic nitrogens is 1. The molecule has 4 nitrogen and oxygen atoms in total. The van der Waals surface area contributed by atoms with Crippen molar-refractivity contribution in [2.45, 2.75) is 38.1 Å². The Balaban J connectivity index is 1.76. The lowest BCUT2D eigenvalue weighted by Gasteiger charge is -2.23. The third-order valence-electron chi connectivity index (χ3n) is 3.18. The van der Waals surface area contributed by atoms with Crippen LogP contribution in [0.15, 0.2) is 18.5 Å². The number of hydrogen-bond donors (Lipinski definition) is 2. The van der Waals surface area contributed by atoms with Crippen molar-refractivity contribution < 1.29 is 9.18 Å². The maximum Gasteiger partial charge on any atom is 0.224 e. The maximum absolute atomic E-state index is 13.3. The highest BCUT2D eigenvalue weighted by Crippen LogP contribution is 2.14. The second-order valence-electron chi connectivity index (χ2n) is 4.59. The normalized spacial score (nSPS) is 19.5. The molecule has 1 amide bonds. The number of nitrogens with zero attached hydrogens (tertiary/aromatic N) is 1. The quantitative estimate of drug-likeness (QED) is 0.861. The molecule has 1 aliphatic rings. The molecule has 1 aliphatic heterocycles. The fraction of sp³-hybridized carbons (Fsp3) is 0.538. The van der Waals surface area contributed by atoms with Crippen LogP contribution in [0, 0.1) is 5.82 Å². The molecule has 2 rings (SSSR count). The SMILES string of the molecule is O=C(CCC1CCCCN1)Nc1ccncc1F. The third kappa shape index (κ3) is 3.77. The number of pyridine rings is 1. The van der Waals surface area contributed by atoms with Crippen LogP contribution in [0.3, 0.4) is 0 Å². The van der Waals surface area contributed by atoms with E-state index >= 15 is 0 Å². The van der Waals surface area contributed by atoms with Crippen molar-refractivity contribution in [1.82, 2.24) is 10.3 Å². The summed E-state index contributed by atoms with van der Waals surface area (Å²) in [5, 5.41) is 5.95. The topological polar surface area (TPSA) is 54.0 Å². The van der Waals surface area contributed by atoms with E-state index in [2.05, 4.69) is 15.6 Å². The Bertz CT molecular complexity index is 405. The Morgan fingerprint density at radius 1 is 1.56 bits per heavy atom. The summed E-state index contributed by atoms with van der Waals surface area (Å²) in [5.74, 6) is -0.644. The lowest BCUT2D eigenvalue weighted by Crippen LogP contribution is -2.34. The first kappa shape index (κ1) is 13.0. The first-order chi connectivity index (χ1) is 8.75. The van der Waals surface area contributed by atoms with Gasteiger partial charge in [-0.1, -0.05) is 6.42 Å². The molecule has 0 bridgehead atoms. The van der Waals surface area contributed by atoms with E-state index in [9.17, 15) is 9.18 Å². The van der Waals surface area contributed by atoms with Gasteiger partial charge in [-0.15, -0.1) is 0 Å². The van der Waals surface area contributed by atoms with Crippen LogP contribution in [0.2, 0.25) is 0 Å². The second kappa shape index (κ2) is 6.44. The van der Waals surface area contributed by atoms with Crippen LogP contribution in [-0.2, 0) is 4.79 Å². The fourth-order valence-corrected chi connectivity index (χ4v) is 2.16. The lowest BCUT2D eigenvalue weighted by molar-refractivity contribution is -0.116. The summed E-state index contributed by atoms with van der Waals surface area (Å²) in [4.78, 5) is 15.3. The summed E-state index contributed by atoms with van der Waals surface area (Å²) < 4.78 is 13.3. The zero-order valence-electron chi connectivity index (χ0n) is 10.3. The number of piperidine rings is 1. The Morgan fingerprint density at radius 2 is 2.44 bits per heavy atom. The van der Waals surface area contributed by atoms with E-state index in [4.69, 9.17) is 0 Å². The van der Waals surface area contributed by atoms with Gasteiger partial charge in [-0.05, 0) is 31.9 Å². The van der Waals surface area contributed by atoms with Crippen molar-refractivity contribution in [3.8, 4) is 0 Å². The highest BCUT2D eigenvalue weighted by atomic mass is 19.1. The van der Waals surface area contributed by atoms with Crippen molar-refractivity contribution in [1.29, 1.82) is 0 Å². The highest BCUT2D eigenvalue weighted by Gasteiger charge is 2.14. The Morgan fingerprint density at radius 3 is 3.17 bits per heavy atom. The summed E-state index contributed by atoms with van der Waals surface area (Å²) in [6, 6.07) is 1.89. The monoisotopic (exact) mass is 251 g/mol. The molecule has 0 aromatic carbocycles.